The van der Waals surface area contributed by atoms with Gasteiger partial charge in [0.1, 0.15) is 6.10 Å². The maximum Gasteiger partial charge on any atom is 0.218 e. The predicted octanol–water partition coefficient (Wildman–Crippen LogP) is 3.77. The van der Waals surface area contributed by atoms with Crippen molar-refractivity contribution in [2.75, 3.05) is 7.05 Å². The fourth-order valence-corrected chi connectivity index (χ4v) is 3.40. The van der Waals surface area contributed by atoms with Crippen LogP contribution in [0.5, 0.6) is 5.88 Å². The molecule has 1 aliphatic rings. The Morgan fingerprint density at radius 2 is 2.00 bits per heavy atom. The number of halogens is 1. The minimum atomic E-state index is 0.308. The molecule has 1 aromatic rings. The summed E-state index contributed by atoms with van der Waals surface area (Å²) in [7, 11) is 1.94. The van der Waals surface area contributed by atoms with Gasteiger partial charge in [-0.25, -0.2) is 4.98 Å². The Morgan fingerprint density at radius 1 is 1.32 bits per heavy atom. The van der Waals surface area contributed by atoms with Crippen LogP contribution in [-0.4, -0.2) is 18.1 Å². The van der Waals surface area contributed by atoms with Gasteiger partial charge in [-0.15, -0.1) is 0 Å². The van der Waals surface area contributed by atoms with Crippen LogP contribution in [0.3, 0.4) is 0 Å². The normalized spacial score (nSPS) is 27.3. The van der Waals surface area contributed by atoms with E-state index in [0.29, 0.717) is 6.10 Å². The van der Waals surface area contributed by atoms with Gasteiger partial charge in [-0.05, 0) is 60.1 Å². The average Bonchev–Trinajstić information content (AvgIpc) is 2.32. The highest BCUT2D eigenvalue weighted by atomic mass is 79.9. The fraction of sp³-hybridized carbons (Fsp3) is 0.667. The summed E-state index contributed by atoms with van der Waals surface area (Å²) in [5, 5.41) is 3.17. The molecule has 0 spiro atoms. The molecule has 2 unspecified atom stereocenters. The van der Waals surface area contributed by atoms with Crippen molar-refractivity contribution in [1.82, 2.24) is 10.3 Å². The first-order valence-electron chi connectivity index (χ1n) is 7.04. The monoisotopic (exact) mass is 326 g/mol. The Kier molecular flexibility index (Phi) is 5.22. The van der Waals surface area contributed by atoms with E-state index in [1.165, 1.54) is 6.42 Å². The summed E-state index contributed by atoms with van der Waals surface area (Å²) in [5.41, 5.74) is 1.11. The van der Waals surface area contributed by atoms with E-state index in [4.69, 9.17) is 4.74 Å². The van der Waals surface area contributed by atoms with Crippen LogP contribution in [0.25, 0.3) is 0 Å². The second-order valence-electron chi connectivity index (χ2n) is 5.81. The molecule has 4 heteroatoms. The molecule has 2 rings (SSSR count). The molecule has 19 heavy (non-hydrogen) atoms. The highest BCUT2D eigenvalue weighted by Gasteiger charge is 2.26. The van der Waals surface area contributed by atoms with Crippen LogP contribution >= 0.6 is 15.9 Å². The first kappa shape index (κ1) is 14.8. The van der Waals surface area contributed by atoms with Gasteiger partial charge < -0.3 is 10.1 Å². The number of nitrogens with one attached hydrogen (secondary N) is 1. The third-order valence-electron chi connectivity index (χ3n) is 3.67. The number of rotatable bonds is 4. The molecular formula is C15H23BrN2O. The Balaban J connectivity index is 2.09. The molecule has 2 atom stereocenters. The van der Waals surface area contributed by atoms with Crippen molar-refractivity contribution in [3.63, 3.8) is 0 Å². The maximum absolute atomic E-state index is 6.16. The fourth-order valence-electron chi connectivity index (χ4n) is 3.02. The highest BCUT2D eigenvalue weighted by Crippen LogP contribution is 2.32. The summed E-state index contributed by atoms with van der Waals surface area (Å²) >= 11 is 3.46. The predicted molar refractivity (Wildman–Crippen MR) is 81.3 cm³/mol. The molecule has 1 aliphatic carbocycles. The molecule has 1 heterocycles. The zero-order valence-electron chi connectivity index (χ0n) is 11.9. The van der Waals surface area contributed by atoms with Crippen LogP contribution in [0, 0.1) is 11.8 Å². The smallest absolute Gasteiger partial charge is 0.218 e. The van der Waals surface area contributed by atoms with Gasteiger partial charge in [0.2, 0.25) is 5.88 Å². The molecule has 0 radical (unpaired) electrons. The molecule has 1 aromatic heterocycles. The second-order valence-corrected chi connectivity index (χ2v) is 6.72. The molecule has 0 aliphatic heterocycles. The topological polar surface area (TPSA) is 34.2 Å². The van der Waals surface area contributed by atoms with Crippen LogP contribution < -0.4 is 10.1 Å². The van der Waals surface area contributed by atoms with E-state index >= 15 is 0 Å². The summed E-state index contributed by atoms with van der Waals surface area (Å²) in [6.45, 7) is 5.41. The SMILES string of the molecule is CNCc1cc(Br)cnc1OC1CC(C)CC(C)C1. The average molecular weight is 327 g/mol. The van der Waals surface area contributed by atoms with Crippen molar-refractivity contribution in [3.05, 3.63) is 22.3 Å². The zero-order chi connectivity index (χ0) is 13.8. The van der Waals surface area contributed by atoms with E-state index in [9.17, 15) is 0 Å². The van der Waals surface area contributed by atoms with Crippen molar-refractivity contribution >= 4 is 15.9 Å². The second kappa shape index (κ2) is 6.71. The van der Waals surface area contributed by atoms with E-state index < -0.39 is 0 Å². The molecule has 0 amide bonds. The summed E-state index contributed by atoms with van der Waals surface area (Å²) in [6.07, 6.45) is 5.71. The van der Waals surface area contributed by atoms with E-state index in [1.54, 1.807) is 0 Å². The van der Waals surface area contributed by atoms with Crippen molar-refractivity contribution < 1.29 is 4.74 Å². The van der Waals surface area contributed by atoms with Gasteiger partial charge >= 0.3 is 0 Å². The standard InChI is InChI=1S/C15H23BrN2O/c1-10-4-11(2)6-14(5-10)19-15-12(8-17-3)7-13(16)9-18-15/h7,9-11,14,17H,4-6,8H2,1-3H3. The van der Waals surface area contributed by atoms with Gasteiger partial charge in [0.15, 0.2) is 0 Å². The molecule has 0 aromatic carbocycles. The summed E-state index contributed by atoms with van der Waals surface area (Å²) in [5.74, 6) is 2.28. The van der Waals surface area contributed by atoms with Crippen LogP contribution in [0.1, 0.15) is 38.7 Å². The number of hydrogen-bond acceptors (Lipinski definition) is 3. The lowest BCUT2D eigenvalue weighted by atomic mass is 9.82. The summed E-state index contributed by atoms with van der Waals surface area (Å²) in [6, 6.07) is 2.08. The Labute approximate surface area is 124 Å². The molecule has 1 fully saturated rings. The minimum absolute atomic E-state index is 0.308. The first-order valence-corrected chi connectivity index (χ1v) is 7.83. The van der Waals surface area contributed by atoms with E-state index in [1.807, 2.05) is 13.2 Å². The molecular weight excluding hydrogens is 304 g/mol. The third-order valence-corrected chi connectivity index (χ3v) is 4.11. The Morgan fingerprint density at radius 3 is 2.63 bits per heavy atom. The zero-order valence-corrected chi connectivity index (χ0v) is 13.5. The maximum atomic E-state index is 6.16. The van der Waals surface area contributed by atoms with Crippen LogP contribution in [0.2, 0.25) is 0 Å². The van der Waals surface area contributed by atoms with Crippen LogP contribution in [0.15, 0.2) is 16.7 Å². The van der Waals surface area contributed by atoms with E-state index in [2.05, 4.69) is 46.1 Å². The number of nitrogens with zero attached hydrogens (tertiary/aromatic N) is 1. The molecule has 1 saturated carbocycles. The number of hydrogen-bond donors (Lipinski definition) is 1. The molecule has 0 bridgehead atoms. The minimum Gasteiger partial charge on any atom is -0.474 e. The lowest BCUT2D eigenvalue weighted by Gasteiger charge is -2.31. The van der Waals surface area contributed by atoms with Gasteiger partial charge in [-0.2, -0.15) is 0 Å². The molecule has 106 valence electrons. The highest BCUT2D eigenvalue weighted by molar-refractivity contribution is 9.10. The van der Waals surface area contributed by atoms with Gasteiger partial charge in [0.05, 0.1) is 0 Å². The largest absolute Gasteiger partial charge is 0.474 e. The number of ether oxygens (including phenoxy) is 1. The lowest BCUT2D eigenvalue weighted by Crippen LogP contribution is -2.29. The number of pyridine rings is 1. The summed E-state index contributed by atoms with van der Waals surface area (Å²) < 4.78 is 7.16. The van der Waals surface area contributed by atoms with Crippen LogP contribution in [0.4, 0.5) is 0 Å². The van der Waals surface area contributed by atoms with E-state index in [0.717, 1.165) is 47.1 Å². The van der Waals surface area contributed by atoms with Gasteiger partial charge in [0, 0.05) is 22.8 Å². The van der Waals surface area contributed by atoms with Crippen molar-refractivity contribution in [3.8, 4) is 5.88 Å². The van der Waals surface area contributed by atoms with Crippen molar-refractivity contribution in [2.45, 2.75) is 45.8 Å². The van der Waals surface area contributed by atoms with Crippen molar-refractivity contribution in [2.24, 2.45) is 11.8 Å². The lowest BCUT2D eigenvalue weighted by molar-refractivity contribution is 0.0955. The molecule has 3 nitrogen and oxygen atoms in total. The Bertz CT molecular complexity index is 415. The number of aromatic nitrogens is 1. The Hall–Kier alpha value is -0.610. The van der Waals surface area contributed by atoms with Gasteiger partial charge in [0.25, 0.3) is 0 Å². The first-order chi connectivity index (χ1) is 9.08. The third kappa shape index (κ3) is 4.18. The van der Waals surface area contributed by atoms with Crippen molar-refractivity contribution in [1.29, 1.82) is 0 Å². The molecule has 1 N–H and O–H groups in total. The van der Waals surface area contributed by atoms with E-state index in [-0.39, 0.29) is 0 Å². The van der Waals surface area contributed by atoms with Crippen LogP contribution in [-0.2, 0) is 6.54 Å². The van der Waals surface area contributed by atoms with Gasteiger partial charge in [-0.1, -0.05) is 13.8 Å². The summed E-state index contributed by atoms with van der Waals surface area (Å²) in [4.78, 5) is 4.43. The quantitative estimate of drug-likeness (QED) is 0.914. The molecule has 0 saturated heterocycles. The van der Waals surface area contributed by atoms with Gasteiger partial charge in [-0.3, -0.25) is 0 Å².